The first-order chi connectivity index (χ1) is 5.66. The third kappa shape index (κ3) is 2.20. The zero-order chi connectivity index (χ0) is 8.60. The van der Waals surface area contributed by atoms with Gasteiger partial charge in [-0.2, -0.15) is 0 Å². The van der Waals surface area contributed by atoms with Crippen LogP contribution in [0.3, 0.4) is 0 Å². The molecule has 0 amide bonds. The lowest BCUT2D eigenvalue weighted by Crippen LogP contribution is -2.44. The van der Waals surface area contributed by atoms with E-state index in [4.69, 9.17) is 4.74 Å². The molecule has 0 aromatic rings. The first-order valence-electron chi connectivity index (χ1n) is 5.06. The van der Waals surface area contributed by atoms with Crippen molar-refractivity contribution in [3.63, 3.8) is 0 Å². The summed E-state index contributed by atoms with van der Waals surface area (Å²) >= 11 is 0. The van der Waals surface area contributed by atoms with Crippen LogP contribution in [0.1, 0.15) is 39.5 Å². The predicted molar refractivity (Wildman–Crippen MR) is 49.2 cm³/mol. The summed E-state index contributed by atoms with van der Waals surface area (Å²) in [6.07, 6.45) is 5.14. The van der Waals surface area contributed by atoms with E-state index < -0.39 is 0 Å². The van der Waals surface area contributed by atoms with E-state index in [1.165, 1.54) is 25.7 Å². The molecule has 0 spiro atoms. The highest BCUT2D eigenvalue weighted by Gasteiger charge is 2.32. The standard InChI is InChI=1S/C10H19NO/c1-10(2)7-9(5-6-12-10)11-8-3-4-8/h8-9,11H,3-7H2,1-2H3. The average molecular weight is 169 g/mol. The van der Waals surface area contributed by atoms with Gasteiger partial charge in [0.15, 0.2) is 0 Å². The minimum Gasteiger partial charge on any atom is -0.375 e. The van der Waals surface area contributed by atoms with Gasteiger partial charge < -0.3 is 10.1 Å². The van der Waals surface area contributed by atoms with E-state index in [0.717, 1.165) is 12.6 Å². The van der Waals surface area contributed by atoms with Crippen molar-refractivity contribution in [3.05, 3.63) is 0 Å². The van der Waals surface area contributed by atoms with Gasteiger partial charge in [0.05, 0.1) is 5.60 Å². The molecule has 1 aliphatic carbocycles. The zero-order valence-electron chi connectivity index (χ0n) is 8.10. The van der Waals surface area contributed by atoms with Gasteiger partial charge in [0.2, 0.25) is 0 Å². The summed E-state index contributed by atoms with van der Waals surface area (Å²) in [5.74, 6) is 0. The molecule has 1 N–H and O–H groups in total. The fraction of sp³-hybridized carbons (Fsp3) is 1.00. The van der Waals surface area contributed by atoms with Crippen LogP contribution in [0.15, 0.2) is 0 Å². The van der Waals surface area contributed by atoms with E-state index in [1.807, 2.05) is 0 Å². The molecule has 2 rings (SSSR count). The smallest absolute Gasteiger partial charge is 0.0641 e. The Morgan fingerprint density at radius 2 is 1.92 bits per heavy atom. The predicted octanol–water partition coefficient (Wildman–Crippen LogP) is 1.70. The minimum atomic E-state index is 0.102. The van der Waals surface area contributed by atoms with Crippen molar-refractivity contribution in [2.24, 2.45) is 0 Å². The van der Waals surface area contributed by atoms with Crippen LogP contribution in [0, 0.1) is 0 Å². The average Bonchev–Trinajstić information content (AvgIpc) is 2.69. The summed E-state index contributed by atoms with van der Waals surface area (Å²) < 4.78 is 5.66. The topological polar surface area (TPSA) is 21.3 Å². The molecule has 2 fully saturated rings. The Labute approximate surface area is 74.7 Å². The fourth-order valence-electron chi connectivity index (χ4n) is 1.96. The Morgan fingerprint density at radius 1 is 1.17 bits per heavy atom. The zero-order valence-corrected chi connectivity index (χ0v) is 8.10. The van der Waals surface area contributed by atoms with Crippen molar-refractivity contribution in [2.45, 2.75) is 57.2 Å². The third-order valence-electron chi connectivity index (χ3n) is 2.75. The molecule has 1 unspecified atom stereocenters. The molecule has 0 radical (unpaired) electrons. The monoisotopic (exact) mass is 169 g/mol. The highest BCUT2D eigenvalue weighted by atomic mass is 16.5. The van der Waals surface area contributed by atoms with Crippen molar-refractivity contribution in [1.29, 1.82) is 0 Å². The molecular weight excluding hydrogens is 150 g/mol. The lowest BCUT2D eigenvalue weighted by atomic mass is 9.94. The number of hydrogen-bond acceptors (Lipinski definition) is 2. The lowest BCUT2D eigenvalue weighted by molar-refractivity contribution is -0.0630. The Morgan fingerprint density at radius 3 is 2.50 bits per heavy atom. The Hall–Kier alpha value is -0.0800. The summed E-state index contributed by atoms with van der Waals surface area (Å²) in [5, 5.41) is 3.67. The molecule has 2 nitrogen and oxygen atoms in total. The first-order valence-corrected chi connectivity index (χ1v) is 5.06. The summed E-state index contributed by atoms with van der Waals surface area (Å²) in [4.78, 5) is 0. The normalized spacial score (nSPS) is 35.0. The maximum absolute atomic E-state index is 5.66. The highest BCUT2D eigenvalue weighted by Crippen LogP contribution is 2.27. The van der Waals surface area contributed by atoms with Crippen molar-refractivity contribution >= 4 is 0 Å². The number of rotatable bonds is 2. The highest BCUT2D eigenvalue weighted by molar-refractivity contribution is 4.89. The van der Waals surface area contributed by atoms with E-state index in [0.29, 0.717) is 6.04 Å². The summed E-state index contributed by atoms with van der Waals surface area (Å²) in [6.45, 7) is 5.30. The molecule has 12 heavy (non-hydrogen) atoms. The molecule has 1 atom stereocenters. The van der Waals surface area contributed by atoms with Crippen LogP contribution >= 0.6 is 0 Å². The van der Waals surface area contributed by atoms with Crippen LogP contribution < -0.4 is 5.32 Å². The molecule has 70 valence electrons. The van der Waals surface area contributed by atoms with E-state index in [1.54, 1.807) is 0 Å². The van der Waals surface area contributed by atoms with E-state index in [2.05, 4.69) is 19.2 Å². The maximum atomic E-state index is 5.66. The van der Waals surface area contributed by atoms with Crippen LogP contribution in [0.2, 0.25) is 0 Å². The van der Waals surface area contributed by atoms with E-state index in [-0.39, 0.29) is 5.60 Å². The molecule has 0 aromatic heterocycles. The number of nitrogens with one attached hydrogen (secondary N) is 1. The van der Waals surface area contributed by atoms with Gasteiger partial charge in [-0.15, -0.1) is 0 Å². The Bertz CT molecular complexity index is 163. The Kier molecular flexibility index (Phi) is 2.13. The van der Waals surface area contributed by atoms with Crippen molar-refractivity contribution in [3.8, 4) is 0 Å². The SMILES string of the molecule is CC1(C)CC(NC2CC2)CCO1. The van der Waals surface area contributed by atoms with Crippen LogP contribution in [0.5, 0.6) is 0 Å². The Balaban J connectivity index is 1.81. The van der Waals surface area contributed by atoms with Gasteiger partial charge in [0, 0.05) is 18.7 Å². The quantitative estimate of drug-likeness (QED) is 0.679. The van der Waals surface area contributed by atoms with E-state index in [9.17, 15) is 0 Å². The molecule has 1 heterocycles. The van der Waals surface area contributed by atoms with Gasteiger partial charge >= 0.3 is 0 Å². The lowest BCUT2D eigenvalue weighted by Gasteiger charge is -2.36. The maximum Gasteiger partial charge on any atom is 0.0641 e. The molecule has 2 aliphatic rings. The van der Waals surface area contributed by atoms with Crippen LogP contribution in [0.25, 0.3) is 0 Å². The molecule has 2 heteroatoms. The largest absolute Gasteiger partial charge is 0.375 e. The van der Waals surface area contributed by atoms with Crippen LogP contribution in [-0.2, 0) is 4.74 Å². The molecule has 0 aromatic carbocycles. The minimum absolute atomic E-state index is 0.102. The van der Waals surface area contributed by atoms with Gasteiger partial charge in [0.1, 0.15) is 0 Å². The number of ether oxygens (including phenoxy) is 1. The third-order valence-corrected chi connectivity index (χ3v) is 2.75. The molecule has 1 saturated heterocycles. The van der Waals surface area contributed by atoms with Gasteiger partial charge in [-0.05, 0) is 39.5 Å². The molecular formula is C10H19NO. The summed E-state index contributed by atoms with van der Waals surface area (Å²) in [5.41, 5.74) is 0.102. The molecule has 0 bridgehead atoms. The second kappa shape index (κ2) is 3.00. The van der Waals surface area contributed by atoms with Gasteiger partial charge in [0.25, 0.3) is 0 Å². The summed E-state index contributed by atoms with van der Waals surface area (Å²) in [6, 6.07) is 1.55. The van der Waals surface area contributed by atoms with Crippen molar-refractivity contribution in [1.82, 2.24) is 5.32 Å². The van der Waals surface area contributed by atoms with Crippen LogP contribution in [-0.4, -0.2) is 24.3 Å². The fourth-order valence-corrected chi connectivity index (χ4v) is 1.96. The van der Waals surface area contributed by atoms with Crippen molar-refractivity contribution in [2.75, 3.05) is 6.61 Å². The van der Waals surface area contributed by atoms with Gasteiger partial charge in [-0.25, -0.2) is 0 Å². The van der Waals surface area contributed by atoms with Crippen molar-refractivity contribution < 1.29 is 4.74 Å². The first kappa shape index (κ1) is 8.52. The van der Waals surface area contributed by atoms with E-state index >= 15 is 0 Å². The second-order valence-corrected chi connectivity index (χ2v) is 4.74. The number of hydrogen-bond donors (Lipinski definition) is 1. The van der Waals surface area contributed by atoms with Gasteiger partial charge in [-0.1, -0.05) is 0 Å². The van der Waals surface area contributed by atoms with Crippen LogP contribution in [0.4, 0.5) is 0 Å². The van der Waals surface area contributed by atoms with Gasteiger partial charge in [-0.3, -0.25) is 0 Å². The molecule has 1 aliphatic heterocycles. The second-order valence-electron chi connectivity index (χ2n) is 4.74. The molecule has 1 saturated carbocycles. The summed E-state index contributed by atoms with van der Waals surface area (Å²) in [7, 11) is 0.